The average Bonchev–Trinajstić information content (AvgIpc) is 2.38. The third-order valence-corrected chi connectivity index (χ3v) is 2.71. The van der Waals surface area contributed by atoms with Crippen LogP contribution in [0, 0.1) is 0 Å². The Labute approximate surface area is 117 Å². The normalized spacial score (nSPS) is 11.2. The minimum Gasteiger partial charge on any atom is -0.439 e. The Kier molecular flexibility index (Phi) is 3.94. The molecule has 3 nitrogen and oxygen atoms in total. The molecule has 1 heterocycles. The van der Waals surface area contributed by atoms with Crippen molar-refractivity contribution in [3.05, 3.63) is 52.7 Å². The van der Waals surface area contributed by atoms with Crippen molar-refractivity contribution < 1.29 is 22.7 Å². The largest absolute Gasteiger partial charge is 0.439 e. The van der Waals surface area contributed by atoms with Gasteiger partial charge < -0.3 is 4.74 Å². The van der Waals surface area contributed by atoms with Crippen molar-refractivity contribution >= 4 is 17.9 Å². The van der Waals surface area contributed by atoms with Crippen LogP contribution in [0.15, 0.2) is 36.5 Å². The van der Waals surface area contributed by atoms with Crippen molar-refractivity contribution in [2.24, 2.45) is 0 Å². The van der Waals surface area contributed by atoms with E-state index in [0.717, 1.165) is 18.3 Å². The number of aromatic nitrogens is 1. The molecule has 0 fully saturated rings. The lowest BCUT2D eigenvalue weighted by molar-refractivity contribution is -0.137. The number of alkyl halides is 3. The van der Waals surface area contributed by atoms with Gasteiger partial charge in [0.05, 0.1) is 10.6 Å². The first kappa shape index (κ1) is 14.3. The van der Waals surface area contributed by atoms with Crippen molar-refractivity contribution in [1.82, 2.24) is 4.98 Å². The van der Waals surface area contributed by atoms with Crippen LogP contribution in [0.5, 0.6) is 11.6 Å². The number of carbonyl (C=O) groups is 1. The van der Waals surface area contributed by atoms with Crippen LogP contribution in [0.3, 0.4) is 0 Å². The molecule has 1 aromatic heterocycles. The van der Waals surface area contributed by atoms with Crippen LogP contribution in [-0.4, -0.2) is 11.3 Å². The highest BCUT2D eigenvalue weighted by molar-refractivity contribution is 6.33. The van der Waals surface area contributed by atoms with Gasteiger partial charge in [0.15, 0.2) is 6.29 Å². The second-order valence-corrected chi connectivity index (χ2v) is 4.19. The number of pyridine rings is 1. The predicted octanol–water partition coefficient (Wildman–Crippen LogP) is 4.36. The summed E-state index contributed by atoms with van der Waals surface area (Å²) in [6, 6.07) is 5.76. The Morgan fingerprint density at radius 1 is 1.20 bits per heavy atom. The molecule has 0 bridgehead atoms. The molecule has 0 aliphatic heterocycles. The number of carbonyl (C=O) groups excluding carboxylic acids is 1. The van der Waals surface area contributed by atoms with E-state index in [1.807, 2.05) is 0 Å². The number of hydrogen-bond donors (Lipinski definition) is 0. The van der Waals surface area contributed by atoms with Crippen LogP contribution in [-0.2, 0) is 6.18 Å². The monoisotopic (exact) mass is 301 g/mol. The lowest BCUT2D eigenvalue weighted by Gasteiger charge is -2.09. The van der Waals surface area contributed by atoms with Crippen molar-refractivity contribution in [3.63, 3.8) is 0 Å². The van der Waals surface area contributed by atoms with E-state index in [0.29, 0.717) is 6.29 Å². The molecule has 0 spiro atoms. The van der Waals surface area contributed by atoms with Gasteiger partial charge >= 0.3 is 6.18 Å². The summed E-state index contributed by atoms with van der Waals surface area (Å²) < 4.78 is 42.8. The Hall–Kier alpha value is -2.08. The Balaban J connectivity index is 2.26. The molecule has 0 unspecified atom stereocenters. The second kappa shape index (κ2) is 5.50. The van der Waals surface area contributed by atoms with Gasteiger partial charge in [0.25, 0.3) is 0 Å². The fourth-order valence-electron chi connectivity index (χ4n) is 1.43. The molecule has 0 aliphatic carbocycles. The molecule has 0 saturated heterocycles. The first-order valence-electron chi connectivity index (χ1n) is 5.36. The van der Waals surface area contributed by atoms with E-state index < -0.39 is 11.7 Å². The van der Waals surface area contributed by atoms with Crippen LogP contribution in [0.2, 0.25) is 5.02 Å². The van der Waals surface area contributed by atoms with Crippen LogP contribution < -0.4 is 4.74 Å². The number of nitrogens with zero attached hydrogens (tertiary/aromatic N) is 1. The molecule has 0 amide bonds. The molecule has 2 rings (SSSR count). The highest BCUT2D eigenvalue weighted by Crippen LogP contribution is 2.32. The van der Waals surface area contributed by atoms with E-state index in [-0.39, 0.29) is 22.2 Å². The van der Waals surface area contributed by atoms with Gasteiger partial charge in [0.1, 0.15) is 5.75 Å². The minimum atomic E-state index is -4.47. The summed E-state index contributed by atoms with van der Waals surface area (Å²) in [5, 5.41) is 0.143. The summed E-state index contributed by atoms with van der Waals surface area (Å²) in [6.07, 6.45) is -2.91. The topological polar surface area (TPSA) is 39.2 Å². The molecule has 2 aromatic rings. The number of hydrogen-bond acceptors (Lipinski definition) is 3. The number of rotatable bonds is 3. The molecule has 0 aliphatic rings. The maximum atomic E-state index is 12.5. The van der Waals surface area contributed by atoms with Gasteiger partial charge in [0, 0.05) is 23.9 Å². The van der Waals surface area contributed by atoms with E-state index in [1.54, 1.807) is 0 Å². The van der Waals surface area contributed by atoms with Crippen LogP contribution in [0.1, 0.15) is 15.9 Å². The van der Waals surface area contributed by atoms with E-state index in [2.05, 4.69) is 4.98 Å². The van der Waals surface area contributed by atoms with E-state index >= 15 is 0 Å². The Bertz CT molecular complexity index is 644. The smallest absolute Gasteiger partial charge is 0.416 e. The molecular weight excluding hydrogens is 295 g/mol. The molecule has 0 N–H and O–H groups in total. The number of aldehydes is 1. The third-order valence-electron chi connectivity index (χ3n) is 2.38. The van der Waals surface area contributed by atoms with E-state index in [4.69, 9.17) is 16.3 Å². The van der Waals surface area contributed by atoms with Crippen molar-refractivity contribution in [1.29, 1.82) is 0 Å². The van der Waals surface area contributed by atoms with Gasteiger partial charge in [-0.1, -0.05) is 11.6 Å². The predicted molar refractivity (Wildman–Crippen MR) is 66.2 cm³/mol. The summed E-state index contributed by atoms with van der Waals surface area (Å²) in [7, 11) is 0. The lowest BCUT2D eigenvalue weighted by Crippen LogP contribution is -2.05. The fraction of sp³-hybridized carbons (Fsp3) is 0.0769. The maximum absolute atomic E-state index is 12.5. The van der Waals surface area contributed by atoms with Crippen molar-refractivity contribution in [2.45, 2.75) is 6.18 Å². The quantitative estimate of drug-likeness (QED) is 0.791. The fourth-order valence-corrected chi connectivity index (χ4v) is 1.64. The average molecular weight is 302 g/mol. The van der Waals surface area contributed by atoms with Gasteiger partial charge in [-0.05, 0) is 18.2 Å². The first-order valence-corrected chi connectivity index (χ1v) is 5.74. The third kappa shape index (κ3) is 3.27. The molecule has 20 heavy (non-hydrogen) atoms. The molecular formula is C13H7ClF3NO2. The number of benzene rings is 1. The molecule has 0 radical (unpaired) electrons. The van der Waals surface area contributed by atoms with Crippen molar-refractivity contribution in [2.75, 3.05) is 0 Å². The number of halogens is 4. The molecule has 104 valence electrons. The molecule has 0 atom stereocenters. The van der Waals surface area contributed by atoms with Crippen LogP contribution in [0.4, 0.5) is 13.2 Å². The summed E-state index contributed by atoms with van der Waals surface area (Å²) in [6.45, 7) is 0. The van der Waals surface area contributed by atoms with E-state index in [9.17, 15) is 18.0 Å². The van der Waals surface area contributed by atoms with Gasteiger partial charge in [-0.3, -0.25) is 4.79 Å². The zero-order valence-corrected chi connectivity index (χ0v) is 10.6. The standard InChI is InChI=1S/C13H7ClF3NO2/c14-11-6-10(2-1-8(11)7-19)20-12-5-9(3-4-18-12)13(15,16)17/h1-7H. The zero-order chi connectivity index (χ0) is 14.8. The molecule has 0 saturated carbocycles. The zero-order valence-electron chi connectivity index (χ0n) is 9.82. The van der Waals surface area contributed by atoms with Crippen LogP contribution in [0.25, 0.3) is 0 Å². The van der Waals surface area contributed by atoms with Gasteiger partial charge in [-0.25, -0.2) is 4.98 Å². The molecule has 7 heteroatoms. The first-order chi connectivity index (χ1) is 9.40. The Morgan fingerprint density at radius 2 is 1.95 bits per heavy atom. The van der Waals surface area contributed by atoms with Gasteiger partial charge in [-0.15, -0.1) is 0 Å². The van der Waals surface area contributed by atoms with Crippen molar-refractivity contribution in [3.8, 4) is 11.6 Å². The highest BCUT2D eigenvalue weighted by Gasteiger charge is 2.31. The summed E-state index contributed by atoms with van der Waals surface area (Å²) in [5.41, 5.74) is -0.603. The SMILES string of the molecule is O=Cc1ccc(Oc2cc(C(F)(F)F)ccn2)cc1Cl. The second-order valence-electron chi connectivity index (χ2n) is 3.78. The summed E-state index contributed by atoms with van der Waals surface area (Å²) in [4.78, 5) is 14.3. The summed E-state index contributed by atoms with van der Waals surface area (Å²) >= 11 is 5.79. The Morgan fingerprint density at radius 3 is 2.55 bits per heavy atom. The highest BCUT2D eigenvalue weighted by atomic mass is 35.5. The summed E-state index contributed by atoms with van der Waals surface area (Å²) in [5.74, 6) is -0.0258. The number of ether oxygens (including phenoxy) is 1. The molecule has 1 aromatic carbocycles. The maximum Gasteiger partial charge on any atom is 0.416 e. The minimum absolute atomic E-state index is 0.143. The van der Waals surface area contributed by atoms with Crippen LogP contribution >= 0.6 is 11.6 Å². The van der Waals surface area contributed by atoms with E-state index in [1.165, 1.54) is 18.2 Å². The van der Waals surface area contributed by atoms with Gasteiger partial charge in [0.2, 0.25) is 5.88 Å². The van der Waals surface area contributed by atoms with Gasteiger partial charge in [-0.2, -0.15) is 13.2 Å². The lowest BCUT2D eigenvalue weighted by atomic mass is 10.2.